The van der Waals surface area contributed by atoms with Crippen LogP contribution in [0.2, 0.25) is 0 Å². The maximum Gasteiger partial charge on any atom is 0.323 e. The van der Waals surface area contributed by atoms with Crippen molar-refractivity contribution in [2.75, 3.05) is 0 Å². The Kier molecular flexibility index (Phi) is 3.52. The van der Waals surface area contributed by atoms with E-state index in [1.807, 2.05) is 0 Å². The molecule has 0 aliphatic rings. The predicted molar refractivity (Wildman–Crippen MR) is 43.8 cm³/mol. The number of nitrogens with two attached hydrogens (primary N) is 1. The zero-order valence-electron chi connectivity index (χ0n) is 7.39. The Morgan fingerprint density at radius 3 is 2.36 bits per heavy atom. The molecule has 0 aromatic carbocycles. The molecule has 0 saturated carbocycles. The van der Waals surface area contributed by atoms with Crippen LogP contribution < -0.4 is 5.73 Å². The van der Waals surface area contributed by atoms with Crippen molar-refractivity contribution in [3.8, 4) is 0 Å². The van der Waals surface area contributed by atoms with Crippen molar-refractivity contribution in [2.45, 2.75) is 38.8 Å². The largest absolute Gasteiger partial charge is 0.459 e. The summed E-state index contributed by atoms with van der Waals surface area (Å²) >= 11 is 0. The summed E-state index contributed by atoms with van der Waals surface area (Å²) in [6, 6.07) is -0.589. The smallest absolute Gasteiger partial charge is 0.323 e. The molecule has 65 valence electrons. The summed E-state index contributed by atoms with van der Waals surface area (Å²) in [6.07, 6.45) is 0.370. The van der Waals surface area contributed by atoms with Crippen LogP contribution in [-0.4, -0.2) is 17.6 Å². The van der Waals surface area contributed by atoms with Crippen molar-refractivity contribution in [1.29, 1.82) is 0 Å². The van der Waals surface area contributed by atoms with Crippen LogP contribution in [0.4, 0.5) is 0 Å². The van der Waals surface area contributed by atoms with E-state index < -0.39 is 11.6 Å². The fourth-order valence-electron chi connectivity index (χ4n) is 0.495. The molecule has 3 nitrogen and oxygen atoms in total. The summed E-state index contributed by atoms with van der Waals surface area (Å²) < 4.78 is 4.99. The second-order valence-electron chi connectivity index (χ2n) is 3.43. The number of hydrogen-bond acceptors (Lipinski definition) is 3. The molecule has 0 aliphatic carbocycles. The van der Waals surface area contributed by atoms with Gasteiger partial charge in [0, 0.05) is 0 Å². The third-order valence-electron chi connectivity index (χ3n) is 1.02. The molecular weight excluding hydrogens is 142 g/mol. The van der Waals surface area contributed by atoms with E-state index in [0.29, 0.717) is 6.42 Å². The Morgan fingerprint density at radius 1 is 1.64 bits per heavy atom. The van der Waals surface area contributed by atoms with Gasteiger partial charge < -0.3 is 10.5 Å². The number of carbonyl (C=O) groups excluding carboxylic acids is 1. The molecule has 2 N–H and O–H groups in total. The van der Waals surface area contributed by atoms with Gasteiger partial charge in [-0.3, -0.25) is 4.79 Å². The van der Waals surface area contributed by atoms with Gasteiger partial charge in [-0.2, -0.15) is 0 Å². The number of carbonyl (C=O) groups is 1. The van der Waals surface area contributed by atoms with E-state index in [1.165, 1.54) is 0 Å². The van der Waals surface area contributed by atoms with Gasteiger partial charge in [0.2, 0.25) is 0 Å². The first-order chi connectivity index (χ1) is 4.87. The molecule has 0 aromatic heterocycles. The fourth-order valence-corrected chi connectivity index (χ4v) is 0.495. The minimum atomic E-state index is -0.589. The average Bonchev–Trinajstić information content (AvgIpc) is 1.82. The number of esters is 1. The molecule has 0 fully saturated rings. The summed E-state index contributed by atoms with van der Waals surface area (Å²) in [5.74, 6) is -0.382. The molecule has 0 aromatic rings. The highest BCUT2D eigenvalue weighted by Gasteiger charge is 2.20. The summed E-state index contributed by atoms with van der Waals surface area (Å²) in [5.41, 5.74) is 4.93. The van der Waals surface area contributed by atoms with E-state index in [9.17, 15) is 4.79 Å². The minimum absolute atomic E-state index is 0.370. The molecule has 0 bridgehead atoms. The van der Waals surface area contributed by atoms with Gasteiger partial charge in [-0.1, -0.05) is 6.92 Å². The van der Waals surface area contributed by atoms with Crippen LogP contribution in [0.3, 0.4) is 0 Å². The molecule has 0 heterocycles. The zero-order valence-corrected chi connectivity index (χ0v) is 7.39. The highest BCUT2D eigenvalue weighted by Crippen LogP contribution is 2.08. The summed E-state index contributed by atoms with van der Waals surface area (Å²) in [6.45, 7) is 8.93. The first-order valence-electron chi connectivity index (χ1n) is 3.64. The Morgan fingerprint density at radius 2 is 2.09 bits per heavy atom. The molecule has 0 aliphatic heterocycles. The normalized spacial score (nSPS) is 14.3. The number of hydrogen-bond donors (Lipinski definition) is 1. The lowest BCUT2D eigenvalue weighted by Crippen LogP contribution is -2.36. The van der Waals surface area contributed by atoms with Crippen molar-refractivity contribution < 1.29 is 9.53 Å². The molecule has 0 rings (SSSR count). The lowest BCUT2D eigenvalue weighted by molar-refractivity contribution is -0.156. The van der Waals surface area contributed by atoms with Crippen molar-refractivity contribution in [2.24, 2.45) is 5.73 Å². The fraction of sp³-hybridized carbons (Fsp3) is 0.750. The molecule has 1 radical (unpaired) electrons. The van der Waals surface area contributed by atoms with Gasteiger partial charge in [0.25, 0.3) is 0 Å². The molecule has 11 heavy (non-hydrogen) atoms. The van der Waals surface area contributed by atoms with Crippen molar-refractivity contribution >= 4 is 5.97 Å². The van der Waals surface area contributed by atoms with Crippen LogP contribution in [0, 0.1) is 6.92 Å². The molecule has 0 saturated heterocycles. The molecule has 0 spiro atoms. The van der Waals surface area contributed by atoms with Crippen LogP contribution >= 0.6 is 0 Å². The number of rotatable bonds is 2. The van der Waals surface area contributed by atoms with Gasteiger partial charge in [0.1, 0.15) is 11.6 Å². The van der Waals surface area contributed by atoms with E-state index >= 15 is 0 Å². The highest BCUT2D eigenvalue weighted by molar-refractivity contribution is 5.75. The quantitative estimate of drug-likeness (QED) is 0.607. The average molecular weight is 158 g/mol. The van der Waals surface area contributed by atoms with Gasteiger partial charge in [-0.25, -0.2) is 0 Å². The van der Waals surface area contributed by atoms with Gasteiger partial charge >= 0.3 is 5.97 Å². The topological polar surface area (TPSA) is 52.3 Å². The van der Waals surface area contributed by atoms with E-state index in [1.54, 1.807) is 20.8 Å². The van der Waals surface area contributed by atoms with E-state index in [2.05, 4.69) is 6.92 Å². The molecule has 1 atom stereocenters. The van der Waals surface area contributed by atoms with Gasteiger partial charge in [-0.15, -0.1) is 0 Å². The first-order valence-corrected chi connectivity index (χ1v) is 3.64. The first kappa shape index (κ1) is 10.4. The Hall–Kier alpha value is -0.570. The van der Waals surface area contributed by atoms with Crippen molar-refractivity contribution in [1.82, 2.24) is 0 Å². The van der Waals surface area contributed by atoms with Gasteiger partial charge in [0.15, 0.2) is 0 Å². The third-order valence-corrected chi connectivity index (χ3v) is 1.02. The van der Waals surface area contributed by atoms with E-state index in [0.717, 1.165) is 0 Å². The van der Waals surface area contributed by atoms with Crippen LogP contribution in [0.15, 0.2) is 0 Å². The maximum atomic E-state index is 11.0. The number of ether oxygens (including phenoxy) is 1. The standard InChI is InChI=1S/C8H16NO2/c1-5-6(9)7(10)11-8(2,3)4/h6H,1,5,9H2,2-4H3. The lowest BCUT2D eigenvalue weighted by atomic mass is 10.2. The summed E-state index contributed by atoms with van der Waals surface area (Å²) in [7, 11) is 0. The maximum absolute atomic E-state index is 11.0. The van der Waals surface area contributed by atoms with E-state index in [-0.39, 0.29) is 5.97 Å². The minimum Gasteiger partial charge on any atom is -0.459 e. The van der Waals surface area contributed by atoms with Crippen molar-refractivity contribution in [3.05, 3.63) is 6.92 Å². The van der Waals surface area contributed by atoms with E-state index in [4.69, 9.17) is 10.5 Å². The molecule has 1 unspecified atom stereocenters. The lowest BCUT2D eigenvalue weighted by Gasteiger charge is -2.21. The van der Waals surface area contributed by atoms with Crippen LogP contribution in [0.25, 0.3) is 0 Å². The van der Waals surface area contributed by atoms with Gasteiger partial charge in [0.05, 0.1) is 0 Å². The molecular formula is C8H16NO2. The molecule has 0 amide bonds. The van der Waals surface area contributed by atoms with Crippen LogP contribution in [0.5, 0.6) is 0 Å². The zero-order chi connectivity index (χ0) is 9.07. The summed E-state index contributed by atoms with van der Waals surface area (Å²) in [5, 5.41) is 0. The Labute approximate surface area is 67.9 Å². The summed E-state index contributed by atoms with van der Waals surface area (Å²) in [4.78, 5) is 11.0. The second kappa shape index (κ2) is 3.72. The van der Waals surface area contributed by atoms with Crippen molar-refractivity contribution in [3.63, 3.8) is 0 Å². The van der Waals surface area contributed by atoms with Crippen LogP contribution in [0.1, 0.15) is 27.2 Å². The monoisotopic (exact) mass is 158 g/mol. The second-order valence-corrected chi connectivity index (χ2v) is 3.43. The Balaban J connectivity index is 3.88. The van der Waals surface area contributed by atoms with Crippen LogP contribution in [-0.2, 0) is 9.53 Å². The SMILES string of the molecule is [CH2]CC(N)C(=O)OC(C)(C)C. The highest BCUT2D eigenvalue weighted by atomic mass is 16.6. The predicted octanol–water partition coefficient (Wildman–Crippen LogP) is 0.880. The third kappa shape index (κ3) is 4.79. The Bertz CT molecular complexity index is 138. The molecule has 3 heteroatoms. The van der Waals surface area contributed by atoms with Gasteiger partial charge in [-0.05, 0) is 27.2 Å².